The quantitative estimate of drug-likeness (QED) is 0.929. The highest BCUT2D eigenvalue weighted by molar-refractivity contribution is 9.10. The van der Waals surface area contributed by atoms with Gasteiger partial charge in [0, 0.05) is 26.0 Å². The Hall–Kier alpha value is -1.62. The average Bonchev–Trinajstić information content (AvgIpc) is 2.76. The predicted octanol–water partition coefficient (Wildman–Crippen LogP) is 2.86. The minimum Gasteiger partial charge on any atom is -0.357 e. The Kier molecular flexibility index (Phi) is 3.81. The van der Waals surface area contributed by atoms with E-state index < -0.39 is 5.82 Å². The monoisotopic (exact) mass is 310 g/mol. The molecule has 0 aliphatic heterocycles. The van der Waals surface area contributed by atoms with E-state index in [-0.39, 0.29) is 10.4 Å². The van der Waals surface area contributed by atoms with Crippen LogP contribution in [0.4, 0.5) is 4.39 Å². The molecular formula is C13H12BrFN2O. The second kappa shape index (κ2) is 5.35. The van der Waals surface area contributed by atoms with E-state index in [1.54, 1.807) is 6.07 Å². The lowest BCUT2D eigenvalue weighted by molar-refractivity contribution is 0.0949. The van der Waals surface area contributed by atoms with Crippen LogP contribution in [0.3, 0.4) is 0 Å². The first-order valence-electron chi connectivity index (χ1n) is 5.41. The van der Waals surface area contributed by atoms with Crippen molar-refractivity contribution in [2.75, 3.05) is 0 Å². The van der Waals surface area contributed by atoms with Gasteiger partial charge in [0.05, 0.1) is 10.0 Å². The zero-order valence-electron chi connectivity index (χ0n) is 9.78. The Balaban J connectivity index is 2.06. The van der Waals surface area contributed by atoms with Crippen LogP contribution in [0.5, 0.6) is 0 Å². The fourth-order valence-electron chi connectivity index (χ4n) is 1.62. The molecule has 0 bridgehead atoms. The lowest BCUT2D eigenvalue weighted by Crippen LogP contribution is -2.23. The van der Waals surface area contributed by atoms with Gasteiger partial charge in [-0.25, -0.2) is 4.39 Å². The number of nitrogens with zero attached hydrogens (tertiary/aromatic N) is 1. The van der Waals surface area contributed by atoms with Crippen molar-refractivity contribution in [2.24, 2.45) is 7.05 Å². The van der Waals surface area contributed by atoms with E-state index in [1.807, 2.05) is 30.1 Å². The van der Waals surface area contributed by atoms with Crippen LogP contribution < -0.4 is 5.32 Å². The number of aryl methyl sites for hydroxylation is 1. The Morgan fingerprint density at radius 3 is 2.89 bits per heavy atom. The summed E-state index contributed by atoms with van der Waals surface area (Å²) in [7, 11) is 1.91. The summed E-state index contributed by atoms with van der Waals surface area (Å²) in [4.78, 5) is 11.9. The first-order chi connectivity index (χ1) is 8.58. The van der Waals surface area contributed by atoms with Crippen molar-refractivity contribution >= 4 is 21.8 Å². The van der Waals surface area contributed by atoms with Crippen molar-refractivity contribution in [1.29, 1.82) is 0 Å². The van der Waals surface area contributed by atoms with Crippen LogP contribution in [0.1, 0.15) is 15.9 Å². The van der Waals surface area contributed by atoms with Crippen LogP contribution in [-0.4, -0.2) is 10.5 Å². The van der Waals surface area contributed by atoms with Gasteiger partial charge in [-0.2, -0.15) is 0 Å². The number of aromatic nitrogens is 1. The van der Waals surface area contributed by atoms with E-state index in [2.05, 4.69) is 21.2 Å². The van der Waals surface area contributed by atoms with Crippen LogP contribution in [-0.2, 0) is 13.6 Å². The van der Waals surface area contributed by atoms with Gasteiger partial charge in [0.15, 0.2) is 0 Å². The maximum Gasteiger partial charge on any atom is 0.252 e. The van der Waals surface area contributed by atoms with Gasteiger partial charge in [-0.05, 0) is 39.7 Å². The molecule has 0 spiro atoms. The summed E-state index contributed by atoms with van der Waals surface area (Å²) in [6.45, 7) is 0.419. The van der Waals surface area contributed by atoms with Crippen LogP contribution in [0.2, 0.25) is 0 Å². The number of amides is 1. The van der Waals surface area contributed by atoms with Gasteiger partial charge in [0.1, 0.15) is 5.82 Å². The summed E-state index contributed by atoms with van der Waals surface area (Å²) in [5.74, 6) is -0.743. The summed E-state index contributed by atoms with van der Waals surface area (Å²) >= 11 is 3.07. The van der Waals surface area contributed by atoms with Gasteiger partial charge < -0.3 is 9.88 Å². The average molecular weight is 311 g/mol. The number of benzene rings is 1. The van der Waals surface area contributed by atoms with Gasteiger partial charge in [-0.3, -0.25) is 4.79 Å². The molecule has 0 unspecified atom stereocenters. The van der Waals surface area contributed by atoms with E-state index in [4.69, 9.17) is 0 Å². The molecule has 0 saturated carbocycles. The molecule has 18 heavy (non-hydrogen) atoms. The highest BCUT2D eigenvalue weighted by atomic mass is 79.9. The van der Waals surface area contributed by atoms with Crippen LogP contribution in [0, 0.1) is 5.82 Å². The Morgan fingerprint density at radius 2 is 2.22 bits per heavy atom. The van der Waals surface area contributed by atoms with Crippen molar-refractivity contribution < 1.29 is 9.18 Å². The number of hydrogen-bond donors (Lipinski definition) is 1. The molecule has 0 saturated heterocycles. The molecule has 1 N–H and O–H groups in total. The SMILES string of the molecule is Cn1ccc(CNC(=O)c2cccc(F)c2Br)c1. The molecule has 2 rings (SSSR count). The van der Waals surface area contributed by atoms with Crippen molar-refractivity contribution in [3.63, 3.8) is 0 Å². The predicted molar refractivity (Wildman–Crippen MR) is 70.7 cm³/mol. The molecule has 0 radical (unpaired) electrons. The van der Waals surface area contributed by atoms with Gasteiger partial charge >= 0.3 is 0 Å². The molecule has 0 aliphatic carbocycles. The molecule has 1 amide bonds. The van der Waals surface area contributed by atoms with E-state index in [9.17, 15) is 9.18 Å². The number of nitrogens with one attached hydrogen (secondary N) is 1. The van der Waals surface area contributed by atoms with Gasteiger partial charge in [0.25, 0.3) is 5.91 Å². The molecule has 0 aliphatic rings. The number of carbonyl (C=O) groups is 1. The third-order valence-corrected chi connectivity index (χ3v) is 3.35. The largest absolute Gasteiger partial charge is 0.357 e. The summed E-state index contributed by atoms with van der Waals surface area (Å²) in [6, 6.07) is 6.31. The molecule has 1 aromatic heterocycles. The fourth-order valence-corrected chi connectivity index (χ4v) is 2.07. The first kappa shape index (κ1) is 12.8. The van der Waals surface area contributed by atoms with E-state index in [0.717, 1.165) is 5.56 Å². The van der Waals surface area contributed by atoms with Crippen LogP contribution in [0.25, 0.3) is 0 Å². The van der Waals surface area contributed by atoms with Gasteiger partial charge in [0.2, 0.25) is 0 Å². The molecule has 0 fully saturated rings. The standard InChI is InChI=1S/C13H12BrFN2O/c1-17-6-5-9(8-17)7-16-13(18)10-3-2-4-11(15)12(10)14/h2-6,8H,7H2,1H3,(H,16,18). The topological polar surface area (TPSA) is 34.0 Å². The minimum atomic E-state index is -0.442. The maximum absolute atomic E-state index is 13.3. The number of hydrogen-bond acceptors (Lipinski definition) is 1. The fraction of sp³-hybridized carbons (Fsp3) is 0.154. The molecule has 94 valence electrons. The highest BCUT2D eigenvalue weighted by Crippen LogP contribution is 2.20. The van der Waals surface area contributed by atoms with Gasteiger partial charge in [-0.1, -0.05) is 6.07 Å². The zero-order chi connectivity index (χ0) is 13.1. The Morgan fingerprint density at radius 1 is 1.44 bits per heavy atom. The normalized spacial score (nSPS) is 10.4. The lowest BCUT2D eigenvalue weighted by atomic mass is 10.2. The smallest absolute Gasteiger partial charge is 0.252 e. The molecule has 3 nitrogen and oxygen atoms in total. The lowest BCUT2D eigenvalue weighted by Gasteiger charge is -2.06. The van der Waals surface area contributed by atoms with Gasteiger partial charge in [-0.15, -0.1) is 0 Å². The number of rotatable bonds is 3. The minimum absolute atomic E-state index is 0.190. The van der Waals surface area contributed by atoms with Crippen molar-refractivity contribution in [3.05, 3.63) is 58.1 Å². The maximum atomic E-state index is 13.3. The third-order valence-electron chi connectivity index (χ3n) is 2.54. The zero-order valence-corrected chi connectivity index (χ0v) is 11.4. The molecule has 0 atom stereocenters. The summed E-state index contributed by atoms with van der Waals surface area (Å²) in [5.41, 5.74) is 1.30. The molecular weight excluding hydrogens is 299 g/mol. The molecule has 1 heterocycles. The van der Waals surface area contributed by atoms with E-state index >= 15 is 0 Å². The Labute approximate surface area is 113 Å². The Bertz CT molecular complexity index is 580. The molecule has 2 aromatic rings. The second-order valence-electron chi connectivity index (χ2n) is 3.97. The summed E-state index contributed by atoms with van der Waals surface area (Å²) in [5, 5.41) is 2.75. The number of halogens is 2. The van der Waals surface area contributed by atoms with Crippen molar-refractivity contribution in [3.8, 4) is 0 Å². The first-order valence-corrected chi connectivity index (χ1v) is 6.20. The van der Waals surface area contributed by atoms with Crippen LogP contribution >= 0.6 is 15.9 Å². The molecule has 1 aromatic carbocycles. The second-order valence-corrected chi connectivity index (χ2v) is 4.76. The summed E-state index contributed by atoms with van der Waals surface area (Å²) < 4.78 is 15.4. The summed E-state index contributed by atoms with van der Waals surface area (Å²) in [6.07, 6.45) is 3.82. The van der Waals surface area contributed by atoms with Crippen LogP contribution in [0.15, 0.2) is 41.1 Å². The van der Waals surface area contributed by atoms with Crippen molar-refractivity contribution in [1.82, 2.24) is 9.88 Å². The van der Waals surface area contributed by atoms with Crippen molar-refractivity contribution in [2.45, 2.75) is 6.54 Å². The highest BCUT2D eigenvalue weighted by Gasteiger charge is 2.12. The third kappa shape index (κ3) is 2.79. The van der Waals surface area contributed by atoms with E-state index in [0.29, 0.717) is 12.1 Å². The number of carbonyl (C=O) groups excluding carboxylic acids is 1. The van der Waals surface area contributed by atoms with E-state index in [1.165, 1.54) is 12.1 Å². The molecule has 5 heteroatoms.